The molecule has 1 aromatic rings. The van der Waals surface area contributed by atoms with Crippen LogP contribution < -0.4 is 5.32 Å². The van der Waals surface area contributed by atoms with Crippen molar-refractivity contribution in [2.24, 2.45) is 5.92 Å². The second-order valence-corrected chi connectivity index (χ2v) is 6.12. The summed E-state index contributed by atoms with van der Waals surface area (Å²) in [6, 6.07) is 7.90. The van der Waals surface area contributed by atoms with Crippen molar-refractivity contribution in [3.63, 3.8) is 0 Å². The lowest BCUT2D eigenvalue weighted by Crippen LogP contribution is -2.24. The Balaban J connectivity index is 1.76. The van der Waals surface area contributed by atoms with Crippen LogP contribution in [0.5, 0.6) is 0 Å². The summed E-state index contributed by atoms with van der Waals surface area (Å²) in [7, 11) is 0. The predicted molar refractivity (Wildman–Crippen MR) is 86.8 cm³/mol. The molecule has 1 fully saturated rings. The molecular formula is C18H25NO3. The zero-order valence-electron chi connectivity index (χ0n) is 13.0. The maximum absolute atomic E-state index is 12.2. The van der Waals surface area contributed by atoms with Gasteiger partial charge in [-0.05, 0) is 49.8 Å². The maximum Gasteiger partial charge on any atom is 0.303 e. The Morgan fingerprint density at radius 3 is 2.36 bits per heavy atom. The molecule has 1 aliphatic rings. The second-order valence-electron chi connectivity index (χ2n) is 6.12. The van der Waals surface area contributed by atoms with Gasteiger partial charge in [-0.1, -0.05) is 31.4 Å². The van der Waals surface area contributed by atoms with Crippen molar-refractivity contribution < 1.29 is 14.7 Å². The third-order valence-electron chi connectivity index (χ3n) is 4.30. The molecule has 4 nitrogen and oxygen atoms in total. The van der Waals surface area contributed by atoms with Gasteiger partial charge in [-0.3, -0.25) is 9.59 Å². The normalized spacial score (nSPS) is 15.5. The Morgan fingerprint density at radius 2 is 1.73 bits per heavy atom. The van der Waals surface area contributed by atoms with Crippen molar-refractivity contribution in [3.8, 4) is 0 Å². The molecule has 1 saturated carbocycles. The fraction of sp³-hybridized carbons (Fsp3) is 0.556. The van der Waals surface area contributed by atoms with Crippen LogP contribution in [0, 0.1) is 5.92 Å². The number of nitrogens with one attached hydrogen (secondary N) is 1. The monoisotopic (exact) mass is 303 g/mol. The van der Waals surface area contributed by atoms with Crippen molar-refractivity contribution >= 4 is 17.6 Å². The van der Waals surface area contributed by atoms with E-state index in [9.17, 15) is 9.59 Å². The zero-order valence-corrected chi connectivity index (χ0v) is 13.0. The van der Waals surface area contributed by atoms with Crippen molar-refractivity contribution in [1.82, 2.24) is 0 Å². The van der Waals surface area contributed by atoms with E-state index in [1.165, 1.54) is 12.0 Å². The Labute approximate surface area is 131 Å². The molecule has 4 heteroatoms. The predicted octanol–water partition coefficient (Wildman–Crippen LogP) is 4.00. The van der Waals surface area contributed by atoms with Crippen molar-refractivity contribution in [3.05, 3.63) is 29.8 Å². The molecule has 2 rings (SSSR count). The number of benzene rings is 1. The van der Waals surface area contributed by atoms with Gasteiger partial charge in [-0.15, -0.1) is 0 Å². The summed E-state index contributed by atoms with van der Waals surface area (Å²) in [4.78, 5) is 22.6. The molecule has 0 heterocycles. The minimum Gasteiger partial charge on any atom is -0.481 e. The second kappa shape index (κ2) is 8.57. The van der Waals surface area contributed by atoms with Crippen LogP contribution in [0.2, 0.25) is 0 Å². The topological polar surface area (TPSA) is 66.4 Å². The molecule has 1 amide bonds. The number of amides is 1. The van der Waals surface area contributed by atoms with Crippen LogP contribution in [-0.2, 0) is 16.0 Å². The first-order valence-corrected chi connectivity index (χ1v) is 8.27. The Hall–Kier alpha value is -1.84. The van der Waals surface area contributed by atoms with E-state index in [-0.39, 0.29) is 18.2 Å². The van der Waals surface area contributed by atoms with E-state index in [0.29, 0.717) is 6.42 Å². The lowest BCUT2D eigenvalue weighted by Gasteiger charge is -2.20. The standard InChI is InChI=1S/C18H25NO3/c20-17(21)9-5-4-6-14-10-12-16(13-11-14)19-18(22)15-7-2-1-3-8-15/h10-13,15H,1-9H2,(H,19,22)(H,20,21). The lowest BCUT2D eigenvalue weighted by molar-refractivity contribution is -0.137. The largest absolute Gasteiger partial charge is 0.481 e. The van der Waals surface area contributed by atoms with Crippen LogP contribution in [0.4, 0.5) is 5.69 Å². The molecule has 1 aliphatic carbocycles. The SMILES string of the molecule is O=C(O)CCCCc1ccc(NC(=O)C2CCCCC2)cc1. The summed E-state index contributed by atoms with van der Waals surface area (Å²) in [5.74, 6) is -0.417. The third kappa shape index (κ3) is 5.51. The average Bonchev–Trinajstić information content (AvgIpc) is 2.54. The quantitative estimate of drug-likeness (QED) is 0.748. The first-order valence-electron chi connectivity index (χ1n) is 8.27. The van der Waals surface area contributed by atoms with Crippen molar-refractivity contribution in [2.75, 3.05) is 5.32 Å². The number of carbonyl (C=O) groups excluding carboxylic acids is 1. The van der Waals surface area contributed by atoms with Gasteiger partial charge in [0.2, 0.25) is 5.91 Å². The Bertz CT molecular complexity index is 490. The van der Waals surface area contributed by atoms with E-state index in [0.717, 1.165) is 44.2 Å². The third-order valence-corrected chi connectivity index (χ3v) is 4.30. The molecule has 0 saturated heterocycles. The summed E-state index contributed by atoms with van der Waals surface area (Å²) in [6.45, 7) is 0. The zero-order chi connectivity index (χ0) is 15.8. The van der Waals surface area contributed by atoms with E-state index >= 15 is 0 Å². The van der Waals surface area contributed by atoms with E-state index < -0.39 is 5.97 Å². The van der Waals surface area contributed by atoms with Crippen LogP contribution in [0.15, 0.2) is 24.3 Å². The van der Waals surface area contributed by atoms with Crippen LogP contribution in [0.1, 0.15) is 56.9 Å². The number of anilines is 1. The molecule has 120 valence electrons. The van der Waals surface area contributed by atoms with Gasteiger partial charge < -0.3 is 10.4 Å². The highest BCUT2D eigenvalue weighted by atomic mass is 16.4. The molecule has 0 atom stereocenters. The summed E-state index contributed by atoms with van der Waals surface area (Å²) >= 11 is 0. The van der Waals surface area contributed by atoms with Gasteiger partial charge in [0.15, 0.2) is 0 Å². The van der Waals surface area contributed by atoms with Gasteiger partial charge in [0, 0.05) is 18.0 Å². The summed E-state index contributed by atoms with van der Waals surface area (Å²) in [5.41, 5.74) is 2.03. The first kappa shape index (κ1) is 16.5. The van der Waals surface area contributed by atoms with E-state index in [1.807, 2.05) is 24.3 Å². The molecule has 0 aromatic heterocycles. The lowest BCUT2D eigenvalue weighted by atomic mass is 9.88. The fourth-order valence-electron chi connectivity index (χ4n) is 2.97. The average molecular weight is 303 g/mol. The minimum atomic E-state index is -0.735. The first-order chi connectivity index (χ1) is 10.6. The number of hydrogen-bond acceptors (Lipinski definition) is 2. The van der Waals surface area contributed by atoms with Gasteiger partial charge in [0.25, 0.3) is 0 Å². The van der Waals surface area contributed by atoms with Crippen LogP contribution in [0.3, 0.4) is 0 Å². The van der Waals surface area contributed by atoms with E-state index in [1.54, 1.807) is 0 Å². The van der Waals surface area contributed by atoms with Gasteiger partial charge in [-0.25, -0.2) is 0 Å². The summed E-state index contributed by atoms with van der Waals surface area (Å²) in [6.07, 6.45) is 8.28. The number of carbonyl (C=O) groups is 2. The Kier molecular flexibility index (Phi) is 6.44. The molecule has 0 bridgehead atoms. The van der Waals surface area contributed by atoms with Crippen molar-refractivity contribution in [2.45, 2.75) is 57.8 Å². The van der Waals surface area contributed by atoms with E-state index in [4.69, 9.17) is 5.11 Å². The van der Waals surface area contributed by atoms with Gasteiger partial charge in [0.1, 0.15) is 0 Å². The number of aryl methyl sites for hydroxylation is 1. The molecule has 22 heavy (non-hydrogen) atoms. The van der Waals surface area contributed by atoms with Gasteiger partial charge in [-0.2, -0.15) is 0 Å². The molecular weight excluding hydrogens is 278 g/mol. The van der Waals surface area contributed by atoms with Gasteiger partial charge >= 0.3 is 5.97 Å². The Morgan fingerprint density at radius 1 is 1.05 bits per heavy atom. The number of aliphatic carboxylic acids is 1. The molecule has 0 spiro atoms. The van der Waals surface area contributed by atoms with Crippen LogP contribution >= 0.6 is 0 Å². The highest BCUT2D eigenvalue weighted by Crippen LogP contribution is 2.25. The number of rotatable bonds is 7. The van der Waals surface area contributed by atoms with Crippen LogP contribution in [0.25, 0.3) is 0 Å². The molecule has 2 N–H and O–H groups in total. The molecule has 0 aliphatic heterocycles. The van der Waals surface area contributed by atoms with Crippen molar-refractivity contribution in [1.29, 1.82) is 0 Å². The number of hydrogen-bond donors (Lipinski definition) is 2. The number of unbranched alkanes of at least 4 members (excludes halogenated alkanes) is 1. The van der Waals surface area contributed by atoms with Gasteiger partial charge in [0.05, 0.1) is 0 Å². The summed E-state index contributed by atoms with van der Waals surface area (Å²) < 4.78 is 0. The minimum absolute atomic E-state index is 0.147. The van der Waals surface area contributed by atoms with E-state index in [2.05, 4.69) is 5.32 Å². The fourth-order valence-corrected chi connectivity index (χ4v) is 2.97. The highest BCUT2D eigenvalue weighted by Gasteiger charge is 2.20. The van der Waals surface area contributed by atoms with Crippen LogP contribution in [-0.4, -0.2) is 17.0 Å². The summed E-state index contributed by atoms with van der Waals surface area (Å²) in [5, 5.41) is 11.6. The molecule has 1 aromatic carbocycles. The highest BCUT2D eigenvalue weighted by molar-refractivity contribution is 5.92. The molecule has 0 unspecified atom stereocenters. The smallest absolute Gasteiger partial charge is 0.303 e. The maximum atomic E-state index is 12.2. The number of carboxylic acid groups (broad SMARTS) is 1. The molecule has 0 radical (unpaired) electrons. The number of carboxylic acids is 1.